The molecule has 208 valence electrons. The number of benzene rings is 1. The van der Waals surface area contributed by atoms with E-state index in [0.29, 0.717) is 19.4 Å². The number of nitrogens with one attached hydrogen (secondary N) is 1. The fraction of sp³-hybridized carbons (Fsp3) is 0.621. The highest BCUT2D eigenvalue weighted by Crippen LogP contribution is 2.30. The van der Waals surface area contributed by atoms with Crippen LogP contribution in [0.1, 0.15) is 58.9 Å². The van der Waals surface area contributed by atoms with Crippen molar-refractivity contribution >= 4 is 17.9 Å². The van der Waals surface area contributed by atoms with Gasteiger partial charge in [-0.2, -0.15) is 0 Å². The Balaban J connectivity index is 1.49. The molecule has 3 heterocycles. The van der Waals surface area contributed by atoms with Gasteiger partial charge in [0, 0.05) is 20.1 Å². The molecule has 1 aromatic carbocycles. The van der Waals surface area contributed by atoms with E-state index < -0.39 is 29.8 Å². The van der Waals surface area contributed by atoms with Crippen LogP contribution in [0.4, 0.5) is 4.79 Å². The minimum absolute atomic E-state index is 0.116. The van der Waals surface area contributed by atoms with Crippen LogP contribution in [0.5, 0.6) is 0 Å². The van der Waals surface area contributed by atoms with Gasteiger partial charge in [-0.15, -0.1) is 0 Å². The number of hydroxylamine groups is 2. The Hall–Kier alpha value is -2.91. The molecule has 6 atom stereocenters. The number of methoxy groups -OCH3 is 1. The molecular weight excluding hydrogens is 486 g/mol. The maximum atomic E-state index is 13.7. The number of hydrogen-bond acceptors (Lipinski definition) is 6. The Morgan fingerprint density at radius 1 is 1.11 bits per heavy atom. The van der Waals surface area contributed by atoms with Crippen molar-refractivity contribution in [1.82, 2.24) is 15.3 Å². The smallest absolute Gasteiger partial charge is 0.410 e. The van der Waals surface area contributed by atoms with Gasteiger partial charge in [0.2, 0.25) is 5.91 Å². The van der Waals surface area contributed by atoms with Gasteiger partial charge in [0.1, 0.15) is 17.7 Å². The second-order valence-corrected chi connectivity index (χ2v) is 11.5. The third-order valence-electron chi connectivity index (χ3n) is 7.44. The first-order valence-electron chi connectivity index (χ1n) is 13.6. The standard InChI is InChI=1S/C29H41N3O6/c1-19(25(36-5)24-12-9-17-31(24)28(35)37-29(2,3)4)26(33)30-23(18-20-10-7-6-8-11-20)27(34)32-21-13-15-22(38-32)16-14-21/h6-8,10-11,13,15,19,21-25H,9,12,14,16-18H2,1-5H3,(H,30,33)/t19?,21?,22?,23?,24-,25?/m0/s1. The molecule has 1 aliphatic carbocycles. The molecule has 3 amide bonds. The fourth-order valence-corrected chi connectivity index (χ4v) is 5.53. The molecule has 5 rings (SSSR count). The fourth-order valence-electron chi connectivity index (χ4n) is 5.53. The number of ether oxygens (including phenoxy) is 2. The first kappa shape index (κ1) is 28.1. The summed E-state index contributed by atoms with van der Waals surface area (Å²) in [6, 6.07) is 8.38. The van der Waals surface area contributed by atoms with Gasteiger partial charge < -0.3 is 19.7 Å². The highest BCUT2D eigenvalue weighted by atomic mass is 16.7. The summed E-state index contributed by atoms with van der Waals surface area (Å²) in [6.45, 7) is 7.82. The molecule has 2 fully saturated rings. The molecule has 38 heavy (non-hydrogen) atoms. The van der Waals surface area contributed by atoms with Gasteiger partial charge in [0.15, 0.2) is 0 Å². The van der Waals surface area contributed by atoms with Crippen molar-refractivity contribution in [3.8, 4) is 0 Å². The van der Waals surface area contributed by atoms with E-state index in [0.717, 1.165) is 24.8 Å². The van der Waals surface area contributed by atoms with Gasteiger partial charge in [-0.25, -0.2) is 9.86 Å². The minimum atomic E-state index is -0.803. The van der Waals surface area contributed by atoms with Crippen molar-refractivity contribution in [2.75, 3.05) is 13.7 Å². The quantitative estimate of drug-likeness (QED) is 0.519. The molecule has 4 aliphatic rings. The SMILES string of the molecule is COC(C(C)C(=O)NC(Cc1ccccc1)C(=O)N1OC2C=CC1CC2)[C@@H]1CCCN1C(=O)OC(C)(C)C. The summed E-state index contributed by atoms with van der Waals surface area (Å²) in [6.07, 6.45) is 6.48. The summed E-state index contributed by atoms with van der Waals surface area (Å²) in [5.41, 5.74) is 0.318. The van der Waals surface area contributed by atoms with Gasteiger partial charge in [0.25, 0.3) is 5.91 Å². The molecule has 2 bridgehead atoms. The van der Waals surface area contributed by atoms with E-state index >= 15 is 0 Å². The van der Waals surface area contributed by atoms with E-state index in [-0.39, 0.29) is 30.0 Å². The Morgan fingerprint density at radius 3 is 2.42 bits per heavy atom. The van der Waals surface area contributed by atoms with Crippen LogP contribution in [-0.2, 0) is 30.3 Å². The lowest BCUT2D eigenvalue weighted by Crippen LogP contribution is -2.58. The maximum absolute atomic E-state index is 13.7. The summed E-state index contributed by atoms with van der Waals surface area (Å²) in [7, 11) is 1.55. The lowest BCUT2D eigenvalue weighted by atomic mass is 9.94. The normalized spacial score (nSPS) is 25.1. The second kappa shape index (κ2) is 11.9. The molecule has 0 aromatic heterocycles. The van der Waals surface area contributed by atoms with Crippen molar-refractivity contribution in [2.24, 2.45) is 5.92 Å². The molecule has 1 aromatic rings. The predicted octanol–water partition coefficient (Wildman–Crippen LogP) is 3.63. The molecule has 1 N–H and O–H groups in total. The minimum Gasteiger partial charge on any atom is -0.444 e. The highest BCUT2D eigenvalue weighted by molar-refractivity contribution is 5.89. The van der Waals surface area contributed by atoms with Crippen molar-refractivity contribution < 1.29 is 28.7 Å². The Kier molecular flexibility index (Phi) is 8.78. The van der Waals surface area contributed by atoms with Crippen LogP contribution in [0.15, 0.2) is 42.5 Å². The number of carbonyl (C=O) groups is 3. The number of hydrogen-bond donors (Lipinski definition) is 1. The summed E-state index contributed by atoms with van der Waals surface area (Å²) in [5, 5.41) is 4.43. The monoisotopic (exact) mass is 527 g/mol. The molecule has 0 spiro atoms. The molecule has 0 radical (unpaired) electrons. The Labute approximate surface area is 225 Å². The average molecular weight is 528 g/mol. The largest absolute Gasteiger partial charge is 0.444 e. The molecule has 2 saturated heterocycles. The van der Waals surface area contributed by atoms with Crippen LogP contribution >= 0.6 is 0 Å². The predicted molar refractivity (Wildman–Crippen MR) is 142 cm³/mol. The van der Waals surface area contributed by atoms with Gasteiger partial charge in [-0.05, 0) is 52.0 Å². The Morgan fingerprint density at radius 2 is 1.84 bits per heavy atom. The van der Waals surface area contributed by atoms with E-state index in [2.05, 4.69) is 5.32 Å². The van der Waals surface area contributed by atoms with Crippen LogP contribution < -0.4 is 5.32 Å². The molecule has 5 unspecified atom stereocenters. The van der Waals surface area contributed by atoms with Gasteiger partial charge in [0.05, 0.1) is 24.1 Å². The average Bonchev–Trinajstić information content (AvgIpc) is 3.38. The van der Waals surface area contributed by atoms with Gasteiger partial charge in [-0.3, -0.25) is 14.4 Å². The summed E-state index contributed by atoms with van der Waals surface area (Å²) >= 11 is 0. The molecule has 3 aliphatic heterocycles. The summed E-state index contributed by atoms with van der Waals surface area (Å²) in [4.78, 5) is 47.7. The first-order chi connectivity index (χ1) is 18.1. The third kappa shape index (κ3) is 6.56. The van der Waals surface area contributed by atoms with Gasteiger partial charge >= 0.3 is 6.09 Å². The van der Waals surface area contributed by atoms with Crippen LogP contribution in [0.3, 0.4) is 0 Å². The van der Waals surface area contributed by atoms with Crippen molar-refractivity contribution in [3.05, 3.63) is 48.0 Å². The van der Waals surface area contributed by atoms with E-state index in [4.69, 9.17) is 14.3 Å². The number of nitrogens with zero attached hydrogens (tertiary/aromatic N) is 2. The zero-order valence-electron chi connectivity index (χ0n) is 23.1. The number of fused-ring (bicyclic) bond motifs is 2. The highest BCUT2D eigenvalue weighted by Gasteiger charge is 2.43. The van der Waals surface area contributed by atoms with E-state index in [1.54, 1.807) is 18.9 Å². The zero-order chi connectivity index (χ0) is 27.4. The van der Waals surface area contributed by atoms with Crippen molar-refractivity contribution in [2.45, 2.75) is 95.7 Å². The van der Waals surface area contributed by atoms with Crippen molar-refractivity contribution in [1.29, 1.82) is 0 Å². The lowest BCUT2D eigenvalue weighted by molar-refractivity contribution is -0.232. The van der Waals surface area contributed by atoms with Crippen LogP contribution in [-0.4, -0.2) is 77.5 Å². The maximum Gasteiger partial charge on any atom is 0.410 e. The number of rotatable bonds is 8. The first-order valence-corrected chi connectivity index (χ1v) is 13.6. The van der Waals surface area contributed by atoms with Crippen LogP contribution in [0, 0.1) is 5.92 Å². The van der Waals surface area contributed by atoms with E-state index in [1.807, 2.05) is 63.3 Å². The topological polar surface area (TPSA) is 97.4 Å². The van der Waals surface area contributed by atoms with Crippen LogP contribution in [0.2, 0.25) is 0 Å². The number of likely N-dealkylation sites (tertiary alicyclic amines) is 1. The summed E-state index contributed by atoms with van der Waals surface area (Å²) in [5.74, 6) is -1.18. The number of carbonyl (C=O) groups excluding carboxylic acids is 3. The number of amides is 3. The van der Waals surface area contributed by atoms with E-state index in [9.17, 15) is 14.4 Å². The molecule has 9 nitrogen and oxygen atoms in total. The van der Waals surface area contributed by atoms with Gasteiger partial charge in [-0.1, -0.05) is 49.4 Å². The lowest BCUT2D eigenvalue weighted by Gasteiger charge is -2.41. The molecule has 9 heteroatoms. The second-order valence-electron chi connectivity index (χ2n) is 11.5. The summed E-state index contributed by atoms with van der Waals surface area (Å²) < 4.78 is 11.4. The zero-order valence-corrected chi connectivity index (χ0v) is 23.1. The van der Waals surface area contributed by atoms with Crippen molar-refractivity contribution in [3.63, 3.8) is 0 Å². The Bertz CT molecular complexity index is 1020. The third-order valence-corrected chi connectivity index (χ3v) is 7.44. The van der Waals surface area contributed by atoms with E-state index in [1.165, 1.54) is 5.06 Å². The molecular formula is C29H41N3O6. The van der Waals surface area contributed by atoms with Crippen LogP contribution in [0.25, 0.3) is 0 Å². The molecule has 0 saturated carbocycles.